The highest BCUT2D eigenvalue weighted by atomic mass is 32.1. The first-order valence-corrected chi connectivity index (χ1v) is 10.4. The SMILES string of the molecule is COc1cc(CN2CCN(c3nc(C)nc4scc(C)c34)CC2)cc(OC)c1. The van der Waals surface area contributed by atoms with Gasteiger partial charge in [-0.05, 0) is 42.5 Å². The Bertz CT molecular complexity index is 958. The summed E-state index contributed by atoms with van der Waals surface area (Å²) in [6.07, 6.45) is 0. The maximum Gasteiger partial charge on any atom is 0.141 e. The molecule has 7 heteroatoms. The zero-order valence-electron chi connectivity index (χ0n) is 16.9. The normalized spacial score (nSPS) is 15.2. The Kier molecular flexibility index (Phi) is 5.37. The predicted octanol–water partition coefficient (Wildman–Crippen LogP) is 3.65. The van der Waals surface area contributed by atoms with Crippen molar-refractivity contribution in [3.63, 3.8) is 0 Å². The van der Waals surface area contributed by atoms with Gasteiger partial charge in [0.15, 0.2) is 0 Å². The van der Waals surface area contributed by atoms with Crippen molar-refractivity contribution < 1.29 is 9.47 Å². The minimum Gasteiger partial charge on any atom is -0.497 e. The third-order valence-corrected chi connectivity index (χ3v) is 6.19. The number of rotatable bonds is 5. The fraction of sp³-hybridized carbons (Fsp3) is 0.429. The van der Waals surface area contributed by atoms with Gasteiger partial charge >= 0.3 is 0 Å². The molecule has 1 aromatic carbocycles. The molecule has 2 aromatic heterocycles. The summed E-state index contributed by atoms with van der Waals surface area (Å²) in [5.41, 5.74) is 2.47. The van der Waals surface area contributed by atoms with Gasteiger partial charge in [-0.25, -0.2) is 9.97 Å². The Morgan fingerprint density at radius 1 is 0.964 bits per heavy atom. The number of benzene rings is 1. The fourth-order valence-electron chi connectivity index (χ4n) is 3.73. The van der Waals surface area contributed by atoms with Crippen molar-refractivity contribution in [2.24, 2.45) is 0 Å². The lowest BCUT2D eigenvalue weighted by Crippen LogP contribution is -2.46. The number of fused-ring (bicyclic) bond motifs is 1. The van der Waals surface area contributed by atoms with Crippen LogP contribution in [0, 0.1) is 13.8 Å². The number of methoxy groups -OCH3 is 2. The van der Waals surface area contributed by atoms with E-state index in [0.29, 0.717) is 0 Å². The second-order valence-electron chi connectivity index (χ2n) is 7.18. The van der Waals surface area contributed by atoms with Crippen molar-refractivity contribution in [2.75, 3.05) is 45.3 Å². The molecule has 3 heterocycles. The minimum atomic E-state index is 0.833. The van der Waals surface area contributed by atoms with E-state index in [0.717, 1.165) is 60.7 Å². The van der Waals surface area contributed by atoms with Gasteiger partial charge in [-0.1, -0.05) is 0 Å². The lowest BCUT2D eigenvalue weighted by Gasteiger charge is -2.36. The van der Waals surface area contributed by atoms with Crippen LogP contribution in [0.3, 0.4) is 0 Å². The van der Waals surface area contributed by atoms with Crippen LogP contribution in [-0.2, 0) is 6.54 Å². The summed E-state index contributed by atoms with van der Waals surface area (Å²) in [6, 6.07) is 6.08. The summed E-state index contributed by atoms with van der Waals surface area (Å²) in [4.78, 5) is 15.3. The second-order valence-corrected chi connectivity index (χ2v) is 8.04. The molecule has 0 unspecified atom stereocenters. The van der Waals surface area contributed by atoms with Gasteiger partial charge in [-0.15, -0.1) is 11.3 Å². The molecule has 1 aliphatic heterocycles. The number of aromatic nitrogens is 2. The molecule has 0 saturated carbocycles. The molecular weight excluding hydrogens is 372 g/mol. The van der Waals surface area contributed by atoms with E-state index in [1.54, 1.807) is 25.6 Å². The van der Waals surface area contributed by atoms with Crippen LogP contribution in [0.15, 0.2) is 23.6 Å². The zero-order valence-corrected chi connectivity index (χ0v) is 17.7. The summed E-state index contributed by atoms with van der Waals surface area (Å²) in [5.74, 6) is 3.60. The molecule has 0 N–H and O–H groups in total. The van der Waals surface area contributed by atoms with E-state index >= 15 is 0 Å². The van der Waals surface area contributed by atoms with Crippen molar-refractivity contribution >= 4 is 27.4 Å². The number of aryl methyl sites for hydroxylation is 2. The van der Waals surface area contributed by atoms with E-state index in [9.17, 15) is 0 Å². The number of nitrogens with zero attached hydrogens (tertiary/aromatic N) is 4. The van der Waals surface area contributed by atoms with Gasteiger partial charge in [-0.3, -0.25) is 4.90 Å². The molecule has 3 aromatic rings. The minimum absolute atomic E-state index is 0.833. The molecule has 6 nitrogen and oxygen atoms in total. The first kappa shape index (κ1) is 19.0. The van der Waals surface area contributed by atoms with E-state index in [1.807, 2.05) is 13.0 Å². The van der Waals surface area contributed by atoms with Crippen LogP contribution in [0.4, 0.5) is 5.82 Å². The van der Waals surface area contributed by atoms with E-state index in [1.165, 1.54) is 16.5 Å². The summed E-state index contributed by atoms with van der Waals surface area (Å²) in [6.45, 7) is 8.92. The quantitative estimate of drug-likeness (QED) is 0.654. The molecule has 4 rings (SSSR count). The number of anilines is 1. The van der Waals surface area contributed by atoms with E-state index in [4.69, 9.17) is 14.5 Å². The average Bonchev–Trinajstić information content (AvgIpc) is 3.08. The summed E-state index contributed by atoms with van der Waals surface area (Å²) in [7, 11) is 3.38. The van der Waals surface area contributed by atoms with E-state index in [-0.39, 0.29) is 0 Å². The highest BCUT2D eigenvalue weighted by molar-refractivity contribution is 7.17. The van der Waals surface area contributed by atoms with Crippen LogP contribution in [0.1, 0.15) is 17.0 Å². The molecule has 0 aliphatic carbocycles. The predicted molar refractivity (Wildman–Crippen MR) is 114 cm³/mol. The molecule has 0 atom stereocenters. The summed E-state index contributed by atoms with van der Waals surface area (Å²) in [5, 5.41) is 3.39. The van der Waals surface area contributed by atoms with Crippen molar-refractivity contribution in [2.45, 2.75) is 20.4 Å². The highest BCUT2D eigenvalue weighted by Crippen LogP contribution is 2.32. The lowest BCUT2D eigenvalue weighted by atomic mass is 10.1. The van der Waals surface area contributed by atoms with Crippen LogP contribution in [0.25, 0.3) is 10.2 Å². The van der Waals surface area contributed by atoms with Gasteiger partial charge in [0.05, 0.1) is 19.6 Å². The van der Waals surface area contributed by atoms with Gasteiger partial charge in [0.2, 0.25) is 0 Å². The monoisotopic (exact) mass is 398 g/mol. The first-order chi connectivity index (χ1) is 13.6. The molecule has 0 amide bonds. The Hall–Kier alpha value is -2.38. The van der Waals surface area contributed by atoms with Crippen molar-refractivity contribution in [1.29, 1.82) is 0 Å². The second kappa shape index (κ2) is 7.93. The number of piperazine rings is 1. The van der Waals surface area contributed by atoms with E-state index in [2.05, 4.69) is 39.2 Å². The summed E-state index contributed by atoms with van der Waals surface area (Å²) < 4.78 is 10.8. The van der Waals surface area contributed by atoms with Crippen molar-refractivity contribution in [1.82, 2.24) is 14.9 Å². The van der Waals surface area contributed by atoms with Gasteiger partial charge in [0.1, 0.15) is 28.0 Å². The smallest absolute Gasteiger partial charge is 0.141 e. The molecule has 0 spiro atoms. The van der Waals surface area contributed by atoms with Crippen LogP contribution in [0.5, 0.6) is 11.5 Å². The third-order valence-electron chi connectivity index (χ3n) is 5.20. The highest BCUT2D eigenvalue weighted by Gasteiger charge is 2.22. The van der Waals surface area contributed by atoms with Gasteiger partial charge in [0, 0.05) is 38.8 Å². The molecule has 1 saturated heterocycles. The maximum atomic E-state index is 5.40. The Labute approximate surface area is 169 Å². The molecule has 1 fully saturated rings. The van der Waals surface area contributed by atoms with Gasteiger partial charge in [-0.2, -0.15) is 0 Å². The Balaban J connectivity index is 1.48. The molecule has 1 aliphatic rings. The zero-order chi connectivity index (χ0) is 19.7. The fourth-order valence-corrected chi connectivity index (χ4v) is 4.69. The van der Waals surface area contributed by atoms with Crippen LogP contribution in [0.2, 0.25) is 0 Å². The van der Waals surface area contributed by atoms with Crippen molar-refractivity contribution in [3.8, 4) is 11.5 Å². The van der Waals surface area contributed by atoms with Crippen LogP contribution < -0.4 is 14.4 Å². The molecule has 0 bridgehead atoms. The summed E-state index contributed by atoms with van der Waals surface area (Å²) >= 11 is 1.70. The molecular formula is C21H26N4O2S. The van der Waals surface area contributed by atoms with Crippen LogP contribution >= 0.6 is 11.3 Å². The average molecular weight is 399 g/mol. The molecule has 28 heavy (non-hydrogen) atoms. The largest absolute Gasteiger partial charge is 0.497 e. The third kappa shape index (κ3) is 3.77. The number of ether oxygens (including phenoxy) is 2. The standard InChI is InChI=1S/C21H26N4O2S/c1-14-13-28-21-19(14)20(22-15(2)23-21)25-7-5-24(6-8-25)12-16-9-17(26-3)11-18(10-16)27-4/h9-11,13H,5-8,12H2,1-4H3. The molecule has 148 valence electrons. The molecule has 0 radical (unpaired) electrons. The topological polar surface area (TPSA) is 50.7 Å². The lowest BCUT2D eigenvalue weighted by molar-refractivity contribution is 0.248. The number of hydrogen-bond acceptors (Lipinski definition) is 7. The number of hydrogen-bond donors (Lipinski definition) is 0. The van der Waals surface area contributed by atoms with Gasteiger partial charge in [0.25, 0.3) is 0 Å². The number of thiophene rings is 1. The maximum absolute atomic E-state index is 5.40. The van der Waals surface area contributed by atoms with Gasteiger partial charge < -0.3 is 14.4 Å². The Morgan fingerprint density at radius 3 is 2.29 bits per heavy atom. The van der Waals surface area contributed by atoms with E-state index < -0.39 is 0 Å². The first-order valence-electron chi connectivity index (χ1n) is 9.49. The van der Waals surface area contributed by atoms with Crippen LogP contribution in [-0.4, -0.2) is 55.3 Å². The van der Waals surface area contributed by atoms with Crippen molar-refractivity contribution in [3.05, 3.63) is 40.5 Å². The Morgan fingerprint density at radius 2 is 1.64 bits per heavy atom.